The lowest BCUT2D eigenvalue weighted by molar-refractivity contribution is -0.140. The van der Waals surface area contributed by atoms with E-state index in [1.165, 1.54) is 0 Å². The zero-order valence-electron chi connectivity index (χ0n) is 28.9. The number of nitrogens with zero attached hydrogens (tertiary/aromatic N) is 4. The van der Waals surface area contributed by atoms with E-state index in [4.69, 9.17) is 5.73 Å². The number of anilines is 1. The Morgan fingerprint density at radius 2 is 1.08 bits per heavy atom. The fraction of sp³-hybridized carbons (Fsp3) is 0.594. The third kappa shape index (κ3) is 15.8. The standard InChI is InChI=1S/C32H50N8O10/c1-32(2,3)30(49)22-4-6-23(7-5-22)35-25(41)17-34-31(50)24(16-33)36-26(42)18-37-8-10-38(19-27(43)44)12-14-40(21-29(47)48)15-13-39(11-9-37)20-28(45)46/h4-7,24H,8-21,33H2,1-3H3,(H,34,50)(H,35,41)(H,36,42)(H,43,44)(H,45,46)(H,47,48)/t24-/m0/s1. The van der Waals surface area contributed by atoms with Crippen molar-refractivity contribution in [1.29, 1.82) is 0 Å². The second kappa shape index (κ2) is 20.2. The van der Waals surface area contributed by atoms with Crippen molar-refractivity contribution in [2.45, 2.75) is 26.8 Å². The highest BCUT2D eigenvalue weighted by Crippen LogP contribution is 2.21. The van der Waals surface area contributed by atoms with Crippen LogP contribution in [0.1, 0.15) is 31.1 Å². The van der Waals surface area contributed by atoms with Crippen molar-refractivity contribution in [3.8, 4) is 0 Å². The number of amides is 3. The summed E-state index contributed by atoms with van der Waals surface area (Å²) in [4.78, 5) is 91.7. The Labute approximate surface area is 290 Å². The number of carbonyl (C=O) groups excluding carboxylic acids is 4. The highest BCUT2D eigenvalue weighted by molar-refractivity contribution is 6.01. The van der Waals surface area contributed by atoms with Crippen LogP contribution in [-0.4, -0.2) is 174 Å². The zero-order chi connectivity index (χ0) is 37.4. The summed E-state index contributed by atoms with van der Waals surface area (Å²) in [5, 5.41) is 35.7. The third-order valence-electron chi connectivity index (χ3n) is 7.80. The molecule has 0 bridgehead atoms. The molecule has 1 atom stereocenters. The molecule has 1 aromatic carbocycles. The average molecular weight is 707 g/mol. The second-order valence-corrected chi connectivity index (χ2v) is 13.1. The van der Waals surface area contributed by atoms with Crippen molar-refractivity contribution in [3.63, 3.8) is 0 Å². The Bertz CT molecular complexity index is 1320. The maximum absolute atomic E-state index is 13.1. The maximum atomic E-state index is 13.1. The first-order valence-corrected chi connectivity index (χ1v) is 16.2. The van der Waals surface area contributed by atoms with Crippen molar-refractivity contribution in [1.82, 2.24) is 30.2 Å². The minimum Gasteiger partial charge on any atom is -0.480 e. The smallest absolute Gasteiger partial charge is 0.317 e. The van der Waals surface area contributed by atoms with Crippen molar-refractivity contribution in [3.05, 3.63) is 29.8 Å². The minimum absolute atomic E-state index is 0.0491. The maximum Gasteiger partial charge on any atom is 0.317 e. The van der Waals surface area contributed by atoms with Gasteiger partial charge in [0, 0.05) is 75.6 Å². The Hall–Kier alpha value is -4.49. The third-order valence-corrected chi connectivity index (χ3v) is 7.80. The monoisotopic (exact) mass is 706 g/mol. The highest BCUT2D eigenvalue weighted by atomic mass is 16.4. The second-order valence-electron chi connectivity index (χ2n) is 13.1. The molecule has 1 aromatic rings. The number of Topliss-reactive ketones (excluding diaryl/α,β-unsaturated/α-hetero) is 1. The van der Waals surface area contributed by atoms with Gasteiger partial charge in [0.1, 0.15) is 6.04 Å². The van der Waals surface area contributed by atoms with Gasteiger partial charge in [-0.25, -0.2) is 0 Å². The van der Waals surface area contributed by atoms with Gasteiger partial charge in [-0.3, -0.25) is 53.2 Å². The van der Waals surface area contributed by atoms with E-state index >= 15 is 0 Å². The number of rotatable bonds is 15. The molecule has 0 saturated carbocycles. The SMILES string of the molecule is CC(C)(C)C(=O)c1ccc(NC(=O)CNC(=O)[C@H](CN)NC(=O)CN2CCN(CC(=O)O)CCN(CC(=O)O)CCN(CC(=O)O)CC2)cc1. The summed E-state index contributed by atoms with van der Waals surface area (Å²) in [5.74, 6) is -5.07. The van der Waals surface area contributed by atoms with Crippen LogP contribution in [0.2, 0.25) is 0 Å². The van der Waals surface area contributed by atoms with E-state index in [9.17, 15) is 48.9 Å². The number of carboxylic acid groups (broad SMARTS) is 3. The number of hydrogen-bond donors (Lipinski definition) is 7. The van der Waals surface area contributed by atoms with Crippen LogP contribution in [0.15, 0.2) is 24.3 Å². The van der Waals surface area contributed by atoms with Gasteiger partial charge in [0.25, 0.3) is 0 Å². The molecule has 1 aliphatic rings. The molecular formula is C32H50N8O10. The van der Waals surface area contributed by atoms with Gasteiger partial charge in [0.15, 0.2) is 5.78 Å². The first-order chi connectivity index (χ1) is 23.5. The number of carboxylic acids is 3. The molecule has 1 fully saturated rings. The van der Waals surface area contributed by atoms with Crippen molar-refractivity contribution < 1.29 is 48.9 Å². The lowest BCUT2D eigenvalue weighted by Crippen LogP contribution is -2.54. The fourth-order valence-electron chi connectivity index (χ4n) is 5.09. The van der Waals surface area contributed by atoms with Gasteiger partial charge in [0.2, 0.25) is 17.7 Å². The first kappa shape index (κ1) is 41.7. The van der Waals surface area contributed by atoms with E-state index in [2.05, 4.69) is 16.0 Å². The fourth-order valence-corrected chi connectivity index (χ4v) is 5.09. The first-order valence-electron chi connectivity index (χ1n) is 16.2. The molecule has 1 heterocycles. The summed E-state index contributed by atoms with van der Waals surface area (Å²) in [5.41, 5.74) is 6.12. The van der Waals surface area contributed by atoms with Crippen molar-refractivity contribution in [2.24, 2.45) is 11.1 Å². The molecule has 1 saturated heterocycles. The molecule has 0 aliphatic carbocycles. The molecular weight excluding hydrogens is 656 g/mol. The predicted molar refractivity (Wildman–Crippen MR) is 182 cm³/mol. The topological polar surface area (TPSA) is 255 Å². The number of nitrogens with one attached hydrogen (secondary N) is 3. The van der Waals surface area contributed by atoms with Gasteiger partial charge in [0.05, 0.1) is 32.7 Å². The van der Waals surface area contributed by atoms with Crippen LogP contribution in [0.3, 0.4) is 0 Å². The molecule has 18 nitrogen and oxygen atoms in total. The van der Waals surface area contributed by atoms with E-state index < -0.39 is 53.6 Å². The van der Waals surface area contributed by atoms with E-state index in [0.717, 1.165) is 0 Å². The molecule has 18 heteroatoms. The largest absolute Gasteiger partial charge is 0.480 e. The molecule has 0 radical (unpaired) electrons. The molecule has 0 aromatic heterocycles. The predicted octanol–water partition coefficient (Wildman–Crippen LogP) is -2.11. The number of benzene rings is 1. The van der Waals surface area contributed by atoms with E-state index in [1.807, 2.05) is 0 Å². The normalized spacial score (nSPS) is 16.6. The van der Waals surface area contributed by atoms with Crippen LogP contribution >= 0.6 is 0 Å². The van der Waals surface area contributed by atoms with Gasteiger partial charge in [-0.05, 0) is 24.3 Å². The Balaban J connectivity index is 2.00. The number of carbonyl (C=O) groups is 7. The number of hydrogen-bond acceptors (Lipinski definition) is 12. The molecule has 278 valence electrons. The van der Waals surface area contributed by atoms with Crippen LogP contribution in [0.5, 0.6) is 0 Å². The van der Waals surface area contributed by atoms with Gasteiger partial charge < -0.3 is 37.0 Å². The van der Waals surface area contributed by atoms with Crippen LogP contribution in [0, 0.1) is 5.41 Å². The summed E-state index contributed by atoms with van der Waals surface area (Å²) in [7, 11) is 0. The van der Waals surface area contributed by atoms with Crippen LogP contribution in [0.25, 0.3) is 0 Å². The summed E-state index contributed by atoms with van der Waals surface area (Å²) >= 11 is 0. The number of aliphatic carboxylic acids is 3. The summed E-state index contributed by atoms with van der Waals surface area (Å²) in [6, 6.07) is 5.19. The van der Waals surface area contributed by atoms with Crippen molar-refractivity contribution in [2.75, 3.05) is 96.9 Å². The van der Waals surface area contributed by atoms with E-state index in [-0.39, 0.29) is 90.9 Å². The van der Waals surface area contributed by atoms with E-state index in [1.54, 1.807) is 64.6 Å². The van der Waals surface area contributed by atoms with Crippen LogP contribution < -0.4 is 21.7 Å². The molecule has 1 aliphatic heterocycles. The molecule has 0 spiro atoms. The van der Waals surface area contributed by atoms with Gasteiger partial charge >= 0.3 is 17.9 Å². The lowest BCUT2D eigenvalue weighted by Gasteiger charge is -2.33. The Morgan fingerprint density at radius 1 is 0.680 bits per heavy atom. The number of ketones is 1. The summed E-state index contributed by atoms with van der Waals surface area (Å²) < 4.78 is 0. The van der Waals surface area contributed by atoms with Crippen LogP contribution in [0.4, 0.5) is 5.69 Å². The highest BCUT2D eigenvalue weighted by Gasteiger charge is 2.25. The Kier molecular flexibility index (Phi) is 16.9. The van der Waals surface area contributed by atoms with Gasteiger partial charge in [-0.1, -0.05) is 20.8 Å². The van der Waals surface area contributed by atoms with Gasteiger partial charge in [-0.15, -0.1) is 0 Å². The van der Waals surface area contributed by atoms with Crippen molar-refractivity contribution >= 4 is 47.1 Å². The minimum atomic E-state index is -1.17. The van der Waals surface area contributed by atoms with Crippen LogP contribution in [-0.2, 0) is 28.8 Å². The summed E-state index contributed by atoms with van der Waals surface area (Å²) in [6.07, 6.45) is 0. The zero-order valence-corrected chi connectivity index (χ0v) is 28.9. The molecule has 50 heavy (non-hydrogen) atoms. The number of nitrogens with two attached hydrogens (primary N) is 1. The molecule has 2 rings (SSSR count). The lowest BCUT2D eigenvalue weighted by atomic mass is 9.86. The summed E-state index contributed by atoms with van der Waals surface area (Å²) in [6.45, 7) is 5.39. The molecule has 3 amide bonds. The van der Waals surface area contributed by atoms with E-state index in [0.29, 0.717) is 11.3 Å². The quantitative estimate of drug-likeness (QED) is 0.0964. The Morgan fingerprint density at radius 3 is 1.44 bits per heavy atom. The average Bonchev–Trinajstić information content (AvgIpc) is 3.02. The molecule has 0 unspecified atom stereocenters. The molecule has 8 N–H and O–H groups in total. The van der Waals surface area contributed by atoms with Gasteiger partial charge in [-0.2, -0.15) is 0 Å².